The van der Waals surface area contributed by atoms with E-state index < -0.39 is 24.7 Å². The van der Waals surface area contributed by atoms with Gasteiger partial charge in [-0.25, -0.2) is 4.79 Å². The zero-order valence-electron chi connectivity index (χ0n) is 13.5. The Hall–Kier alpha value is -2.25. The van der Waals surface area contributed by atoms with E-state index in [0.29, 0.717) is 5.69 Å². The monoisotopic (exact) mass is 331 g/mol. The first-order chi connectivity index (χ1) is 10.5. The summed E-state index contributed by atoms with van der Waals surface area (Å²) in [5.74, 6) is -0.482. The highest BCUT2D eigenvalue weighted by atomic mass is 19.4. The number of hydrogen-bond acceptors (Lipinski definition) is 2. The molecule has 1 aromatic carbocycles. The predicted molar refractivity (Wildman–Crippen MR) is 81.4 cm³/mol. The Bertz CT molecular complexity index is 577. The molecule has 0 bridgehead atoms. The summed E-state index contributed by atoms with van der Waals surface area (Å²) in [5.41, 5.74) is 3.45. The molecule has 0 aliphatic rings. The normalized spacial score (nSPS) is 11.1. The topological polar surface area (TPSA) is 61.4 Å². The Morgan fingerprint density at radius 3 is 2.13 bits per heavy atom. The van der Waals surface area contributed by atoms with Crippen molar-refractivity contribution in [2.75, 3.05) is 25.5 Å². The first-order valence-corrected chi connectivity index (χ1v) is 6.93. The van der Waals surface area contributed by atoms with E-state index in [-0.39, 0.29) is 6.54 Å². The van der Waals surface area contributed by atoms with Crippen LogP contribution in [0.3, 0.4) is 0 Å². The molecular formula is C15H20F3N3O2. The van der Waals surface area contributed by atoms with E-state index >= 15 is 0 Å². The van der Waals surface area contributed by atoms with Crippen molar-refractivity contribution in [3.63, 3.8) is 0 Å². The number of amides is 3. The lowest BCUT2D eigenvalue weighted by Crippen LogP contribution is -2.44. The van der Waals surface area contributed by atoms with Crippen molar-refractivity contribution in [3.05, 3.63) is 28.8 Å². The van der Waals surface area contributed by atoms with Gasteiger partial charge in [-0.1, -0.05) is 17.7 Å². The van der Waals surface area contributed by atoms with Crippen LogP contribution in [0.4, 0.5) is 23.7 Å². The van der Waals surface area contributed by atoms with E-state index in [4.69, 9.17) is 0 Å². The quantitative estimate of drug-likeness (QED) is 0.891. The van der Waals surface area contributed by atoms with E-state index in [0.717, 1.165) is 21.6 Å². The fraction of sp³-hybridized carbons (Fsp3) is 0.467. The van der Waals surface area contributed by atoms with E-state index in [1.807, 2.05) is 32.9 Å². The van der Waals surface area contributed by atoms with Gasteiger partial charge < -0.3 is 15.5 Å². The molecule has 0 saturated heterocycles. The molecule has 0 aliphatic heterocycles. The van der Waals surface area contributed by atoms with Crippen LogP contribution in [0.15, 0.2) is 12.1 Å². The molecule has 0 heterocycles. The molecule has 0 atom stereocenters. The lowest BCUT2D eigenvalue weighted by atomic mass is 10.1. The molecule has 3 amide bonds. The molecule has 0 aliphatic carbocycles. The van der Waals surface area contributed by atoms with Crippen molar-refractivity contribution in [1.82, 2.24) is 10.2 Å². The molecule has 0 spiro atoms. The van der Waals surface area contributed by atoms with Gasteiger partial charge in [0.25, 0.3) is 0 Å². The first-order valence-electron chi connectivity index (χ1n) is 6.93. The molecule has 0 fully saturated rings. The van der Waals surface area contributed by atoms with Gasteiger partial charge in [0.2, 0.25) is 5.91 Å². The number of halogens is 3. The second kappa shape index (κ2) is 7.34. The molecule has 2 N–H and O–H groups in total. The molecule has 1 aromatic rings. The minimum atomic E-state index is -4.49. The van der Waals surface area contributed by atoms with Gasteiger partial charge in [0.1, 0.15) is 13.1 Å². The predicted octanol–water partition coefficient (Wildman–Crippen LogP) is 2.75. The highest BCUT2D eigenvalue weighted by Gasteiger charge is 2.28. The molecular weight excluding hydrogens is 311 g/mol. The molecule has 0 radical (unpaired) electrons. The zero-order valence-corrected chi connectivity index (χ0v) is 13.5. The zero-order chi connectivity index (χ0) is 17.8. The third-order valence-corrected chi connectivity index (χ3v) is 3.11. The highest BCUT2D eigenvalue weighted by Crippen LogP contribution is 2.21. The van der Waals surface area contributed by atoms with Crippen LogP contribution in [-0.2, 0) is 4.79 Å². The van der Waals surface area contributed by atoms with Crippen LogP contribution in [0.2, 0.25) is 0 Å². The standard InChI is InChI=1S/C15H20F3N3O2/c1-9-5-10(2)13(11(3)6-9)20-12(22)7-21(4)14(23)19-8-15(16,17)18/h5-6H,7-8H2,1-4H3,(H,19,23)(H,20,22). The van der Waals surface area contributed by atoms with E-state index in [2.05, 4.69) is 5.32 Å². The number of nitrogens with zero attached hydrogens (tertiary/aromatic N) is 1. The van der Waals surface area contributed by atoms with Gasteiger partial charge in [-0.2, -0.15) is 13.2 Å². The lowest BCUT2D eigenvalue weighted by molar-refractivity contribution is -0.123. The third-order valence-electron chi connectivity index (χ3n) is 3.11. The number of nitrogens with one attached hydrogen (secondary N) is 2. The molecule has 0 unspecified atom stereocenters. The first kappa shape index (κ1) is 18.8. The molecule has 23 heavy (non-hydrogen) atoms. The minimum Gasteiger partial charge on any atom is -0.329 e. The number of anilines is 1. The van der Waals surface area contributed by atoms with Crippen LogP contribution in [0.1, 0.15) is 16.7 Å². The number of alkyl halides is 3. The van der Waals surface area contributed by atoms with Crippen molar-refractivity contribution in [2.45, 2.75) is 26.9 Å². The van der Waals surface area contributed by atoms with Gasteiger partial charge in [-0.3, -0.25) is 4.79 Å². The summed E-state index contributed by atoms with van der Waals surface area (Å²) in [7, 11) is 1.25. The van der Waals surface area contributed by atoms with Crippen LogP contribution >= 0.6 is 0 Å². The Labute approximate surface area is 132 Å². The average Bonchev–Trinajstić information content (AvgIpc) is 2.39. The maximum atomic E-state index is 12.0. The van der Waals surface area contributed by atoms with Gasteiger partial charge in [-0.05, 0) is 31.9 Å². The SMILES string of the molecule is Cc1cc(C)c(NC(=O)CN(C)C(=O)NCC(F)(F)F)c(C)c1. The van der Waals surface area contributed by atoms with Crippen LogP contribution in [0, 0.1) is 20.8 Å². The number of carbonyl (C=O) groups excluding carboxylic acids is 2. The molecule has 128 valence electrons. The Morgan fingerprint density at radius 1 is 1.13 bits per heavy atom. The van der Waals surface area contributed by atoms with Gasteiger partial charge >= 0.3 is 12.2 Å². The molecule has 0 aromatic heterocycles. The Kier molecular flexibility index (Phi) is 6.00. The summed E-state index contributed by atoms with van der Waals surface area (Å²) >= 11 is 0. The van der Waals surface area contributed by atoms with Crippen LogP contribution in [-0.4, -0.2) is 43.2 Å². The molecule has 0 saturated carbocycles. The summed E-state index contributed by atoms with van der Waals surface area (Å²) in [6, 6.07) is 2.85. The summed E-state index contributed by atoms with van der Waals surface area (Å²) in [6.07, 6.45) is -4.49. The fourth-order valence-electron chi connectivity index (χ4n) is 2.15. The van der Waals surface area contributed by atoms with Crippen LogP contribution in [0.5, 0.6) is 0 Å². The molecule has 1 rings (SSSR count). The van der Waals surface area contributed by atoms with Crippen molar-refractivity contribution in [1.29, 1.82) is 0 Å². The number of benzene rings is 1. The summed E-state index contributed by atoms with van der Waals surface area (Å²) < 4.78 is 36.1. The van der Waals surface area contributed by atoms with E-state index in [9.17, 15) is 22.8 Å². The number of rotatable bonds is 4. The number of aryl methyl sites for hydroxylation is 3. The number of likely N-dealkylation sites (N-methyl/N-ethyl adjacent to an activating group) is 1. The third kappa shape index (κ3) is 6.17. The number of hydrogen-bond donors (Lipinski definition) is 2. The van der Waals surface area contributed by atoms with Gasteiger partial charge in [0, 0.05) is 12.7 Å². The smallest absolute Gasteiger partial charge is 0.329 e. The Balaban J connectivity index is 2.61. The highest BCUT2D eigenvalue weighted by molar-refractivity contribution is 5.95. The molecule has 8 heteroatoms. The van der Waals surface area contributed by atoms with Crippen LogP contribution < -0.4 is 10.6 Å². The van der Waals surface area contributed by atoms with Crippen LogP contribution in [0.25, 0.3) is 0 Å². The maximum Gasteiger partial charge on any atom is 0.405 e. The maximum absolute atomic E-state index is 12.0. The van der Waals surface area contributed by atoms with E-state index in [1.165, 1.54) is 7.05 Å². The number of urea groups is 1. The summed E-state index contributed by atoms with van der Waals surface area (Å²) in [6.45, 7) is 3.83. The largest absolute Gasteiger partial charge is 0.405 e. The van der Waals surface area contributed by atoms with Gasteiger partial charge in [-0.15, -0.1) is 0 Å². The average molecular weight is 331 g/mol. The van der Waals surface area contributed by atoms with E-state index in [1.54, 1.807) is 5.32 Å². The van der Waals surface area contributed by atoms with Gasteiger partial charge in [0.15, 0.2) is 0 Å². The second-order valence-corrected chi connectivity index (χ2v) is 5.45. The minimum absolute atomic E-state index is 0.351. The fourth-order valence-corrected chi connectivity index (χ4v) is 2.15. The number of carbonyl (C=O) groups is 2. The summed E-state index contributed by atoms with van der Waals surface area (Å²) in [5, 5.41) is 4.38. The lowest BCUT2D eigenvalue weighted by Gasteiger charge is -2.19. The van der Waals surface area contributed by atoms with Crippen molar-refractivity contribution in [3.8, 4) is 0 Å². The van der Waals surface area contributed by atoms with Crippen molar-refractivity contribution >= 4 is 17.6 Å². The molecule has 5 nitrogen and oxygen atoms in total. The van der Waals surface area contributed by atoms with Crippen molar-refractivity contribution in [2.24, 2.45) is 0 Å². The Morgan fingerprint density at radius 2 is 1.65 bits per heavy atom. The van der Waals surface area contributed by atoms with Gasteiger partial charge in [0.05, 0.1) is 0 Å². The van der Waals surface area contributed by atoms with Crippen molar-refractivity contribution < 1.29 is 22.8 Å². The second-order valence-electron chi connectivity index (χ2n) is 5.45. The summed E-state index contributed by atoms with van der Waals surface area (Å²) in [4.78, 5) is 24.3.